The van der Waals surface area contributed by atoms with Gasteiger partial charge in [0.2, 0.25) is 0 Å². The number of ketones is 1. The number of likely N-dealkylation sites (N-methyl/N-ethyl adjacent to an activating group) is 1. The van der Waals surface area contributed by atoms with E-state index in [0.29, 0.717) is 24.3 Å². The van der Waals surface area contributed by atoms with Crippen LogP contribution in [0.3, 0.4) is 0 Å². The number of aliphatic hydroxyl groups excluding tert-OH is 1. The average Bonchev–Trinajstić information content (AvgIpc) is 3.00. The van der Waals surface area contributed by atoms with Crippen LogP contribution >= 0.6 is 11.6 Å². The molecular formula is C36H31ClN4O5S. The van der Waals surface area contributed by atoms with Crippen molar-refractivity contribution in [2.45, 2.75) is 34.6 Å². The predicted molar refractivity (Wildman–Crippen MR) is 188 cm³/mol. The monoisotopic (exact) mass is 666 g/mol. The molecule has 2 rings (SSSR count). The first-order valence-electron chi connectivity index (χ1n) is 13.9. The number of amides is 1. The molecule has 11 heteroatoms. The molecule has 0 saturated carbocycles. The first-order chi connectivity index (χ1) is 22.2. The van der Waals surface area contributed by atoms with Gasteiger partial charge in [0.25, 0.3) is 5.91 Å². The zero-order valence-corrected chi connectivity index (χ0v) is 28.0. The van der Waals surface area contributed by atoms with E-state index in [-0.39, 0.29) is 28.7 Å². The number of hydrogen-bond acceptors (Lipinski definition) is 7. The Morgan fingerprint density at radius 1 is 0.979 bits per heavy atom. The highest BCUT2D eigenvalue weighted by Crippen LogP contribution is 2.29. The topological polar surface area (TPSA) is 128 Å². The van der Waals surface area contributed by atoms with E-state index in [9.17, 15) is 23.1 Å². The first kappa shape index (κ1) is 37.6. The van der Waals surface area contributed by atoms with Crippen LogP contribution in [0.1, 0.15) is 33.3 Å². The number of rotatable bonds is 10. The van der Waals surface area contributed by atoms with Gasteiger partial charge in [0.15, 0.2) is 11.5 Å². The van der Waals surface area contributed by atoms with Gasteiger partial charge in [-0.05, 0) is 97.3 Å². The summed E-state index contributed by atoms with van der Waals surface area (Å²) in [6, 6.07) is 9.36. The van der Waals surface area contributed by atoms with Gasteiger partial charge in [-0.1, -0.05) is 32.4 Å². The van der Waals surface area contributed by atoms with Crippen LogP contribution in [0.4, 0.5) is 22.7 Å². The molecule has 0 aromatic heterocycles. The molecule has 2 aromatic carbocycles. The van der Waals surface area contributed by atoms with E-state index < -0.39 is 27.1 Å². The lowest BCUT2D eigenvalue weighted by Crippen LogP contribution is -2.37. The Balaban J connectivity index is 2.36. The molecule has 3 N–H and O–H groups in total. The maximum Gasteiger partial charge on any atom is 0.302 e. The molecule has 2 aromatic rings. The number of nitrogens with zero attached hydrogens (tertiary/aromatic N) is 2. The Morgan fingerprint density at radius 3 is 2.15 bits per heavy atom. The van der Waals surface area contributed by atoms with Crippen molar-refractivity contribution in [2.24, 2.45) is 10.4 Å². The summed E-state index contributed by atoms with van der Waals surface area (Å²) in [4.78, 5) is 33.3. The molecular weight excluding hydrogens is 636 g/mol. The van der Waals surface area contributed by atoms with Crippen molar-refractivity contribution < 1.29 is 23.1 Å². The van der Waals surface area contributed by atoms with Gasteiger partial charge in [0, 0.05) is 42.0 Å². The number of aliphatic hydroxyl groups is 1. The second-order valence-electron chi connectivity index (χ2n) is 10.4. The molecule has 0 aliphatic carbocycles. The van der Waals surface area contributed by atoms with Crippen LogP contribution in [0.15, 0.2) is 41.4 Å². The third-order valence-corrected chi connectivity index (χ3v) is 7.07. The minimum absolute atomic E-state index is 0.0111. The lowest BCUT2D eigenvalue weighted by atomic mass is 9.87. The molecule has 0 bridgehead atoms. The minimum Gasteiger partial charge on any atom is -0.395 e. The second-order valence-corrected chi connectivity index (χ2v) is 12.3. The van der Waals surface area contributed by atoms with Crippen molar-refractivity contribution in [2.75, 3.05) is 34.6 Å². The van der Waals surface area contributed by atoms with E-state index in [0.717, 1.165) is 5.69 Å². The molecule has 0 aliphatic rings. The number of aryl methyl sites for hydroxylation is 1. The summed E-state index contributed by atoms with van der Waals surface area (Å²) in [7, 11) is -4.19. The number of nitrogens with one attached hydrogen (secondary N) is 2. The average molecular weight is 667 g/mol. The molecule has 0 radical (unpaired) electrons. The molecule has 0 unspecified atom stereocenters. The van der Waals surface area contributed by atoms with E-state index in [1.165, 1.54) is 18.2 Å². The number of Topliss-reactive ketones (excluding diaryl/α,β-unsaturated/α-hetero) is 1. The number of sulfonamides is 1. The van der Waals surface area contributed by atoms with E-state index >= 15 is 0 Å². The smallest absolute Gasteiger partial charge is 0.302 e. The van der Waals surface area contributed by atoms with Gasteiger partial charge >= 0.3 is 10.0 Å². The van der Waals surface area contributed by atoms with Crippen LogP contribution in [0, 0.1) is 83.2 Å². The van der Waals surface area contributed by atoms with Gasteiger partial charge < -0.3 is 15.3 Å². The summed E-state index contributed by atoms with van der Waals surface area (Å²) in [5.41, 5.74) is 0.704. The van der Waals surface area contributed by atoms with Gasteiger partial charge in [-0.15, -0.1) is 6.42 Å². The molecule has 0 spiro atoms. The molecule has 47 heavy (non-hydrogen) atoms. The van der Waals surface area contributed by atoms with Crippen molar-refractivity contribution in [1.82, 2.24) is 0 Å². The number of benzene rings is 2. The Labute approximate surface area is 281 Å². The number of anilines is 3. The second kappa shape index (κ2) is 17.8. The number of aliphatic imine (C=N–C) groups is 1. The summed E-state index contributed by atoms with van der Waals surface area (Å²) in [6.07, 6.45) is 4.96. The van der Waals surface area contributed by atoms with Crippen molar-refractivity contribution in [3.05, 3.63) is 47.0 Å². The number of hydrogen-bond donors (Lipinski definition) is 3. The number of carbonyl (C=O) groups excluding carboxylic acids is 2. The lowest BCUT2D eigenvalue weighted by Gasteiger charge is -2.23. The van der Waals surface area contributed by atoms with Crippen LogP contribution in [-0.2, 0) is 19.6 Å². The maximum atomic E-state index is 13.5. The van der Waals surface area contributed by atoms with E-state index in [2.05, 4.69) is 74.2 Å². The Morgan fingerprint density at radius 2 is 1.60 bits per heavy atom. The summed E-state index contributed by atoms with van der Waals surface area (Å²) in [5.74, 6) is 21.7. The van der Waals surface area contributed by atoms with E-state index in [1.807, 2.05) is 23.1 Å². The van der Waals surface area contributed by atoms with Crippen molar-refractivity contribution in [1.29, 1.82) is 0 Å². The SMILES string of the molecule is C#CC#CC#CC#CC#CC#CS(=O)(=O)Nc1ccc(Cl)c(NC(=O)C(=Nc2ccc(N(CC)CCO)cc2C)C(=O)C(C)(C)C)c1. The standard InChI is InChI=1S/C36H31ClN4O5S/c1-7-9-10-11-12-13-14-15-16-17-24-47(45,46)40-28-18-20-30(37)32(26-28)39-35(44)33(34(43)36(4,5)6)38-31-21-19-29(25-27(31)3)41(8-2)22-23-42/h1,18-21,25-26,40,42H,8,22-23H2,2-6H3,(H,39,44). The number of carbonyl (C=O) groups is 2. The van der Waals surface area contributed by atoms with Crippen molar-refractivity contribution >= 4 is 61.8 Å². The fourth-order valence-electron chi connectivity index (χ4n) is 3.63. The molecule has 0 saturated heterocycles. The third-order valence-electron chi connectivity index (χ3n) is 5.87. The van der Waals surface area contributed by atoms with Crippen LogP contribution in [0.5, 0.6) is 0 Å². The predicted octanol–water partition coefficient (Wildman–Crippen LogP) is 4.14. The first-order valence-corrected chi connectivity index (χ1v) is 15.8. The number of terminal acetylenes is 1. The summed E-state index contributed by atoms with van der Waals surface area (Å²) >= 11 is 6.31. The quantitative estimate of drug-likeness (QED) is 0.199. The van der Waals surface area contributed by atoms with Gasteiger partial charge in [0.1, 0.15) is 0 Å². The minimum atomic E-state index is -4.19. The highest BCUT2D eigenvalue weighted by Gasteiger charge is 2.31. The Hall–Kier alpha value is -5.59. The van der Waals surface area contributed by atoms with E-state index in [4.69, 9.17) is 18.0 Å². The molecule has 238 valence electrons. The normalized spacial score (nSPS) is 10.3. The Kier molecular flexibility index (Phi) is 14.2. The highest BCUT2D eigenvalue weighted by molar-refractivity contribution is 7.97. The number of halogens is 1. The molecule has 0 atom stereocenters. The largest absolute Gasteiger partial charge is 0.395 e. The molecule has 1 amide bonds. The van der Waals surface area contributed by atoms with Crippen molar-refractivity contribution in [3.63, 3.8) is 0 Å². The molecule has 9 nitrogen and oxygen atoms in total. The zero-order valence-electron chi connectivity index (χ0n) is 26.4. The third kappa shape index (κ3) is 12.4. The van der Waals surface area contributed by atoms with Gasteiger partial charge in [-0.2, -0.15) is 8.42 Å². The van der Waals surface area contributed by atoms with Gasteiger partial charge in [0.05, 0.1) is 33.9 Å². The zero-order chi connectivity index (χ0) is 35.0. The van der Waals surface area contributed by atoms with E-state index in [1.54, 1.807) is 39.8 Å². The summed E-state index contributed by atoms with van der Waals surface area (Å²) in [6.45, 7) is 9.86. The summed E-state index contributed by atoms with van der Waals surface area (Å²) < 4.78 is 27.2. The maximum absolute atomic E-state index is 13.5. The van der Waals surface area contributed by atoms with Crippen LogP contribution in [0.25, 0.3) is 0 Å². The van der Waals surface area contributed by atoms with Crippen LogP contribution in [0.2, 0.25) is 5.02 Å². The van der Waals surface area contributed by atoms with Gasteiger partial charge in [-0.25, -0.2) is 4.99 Å². The lowest BCUT2D eigenvalue weighted by molar-refractivity contribution is -0.121. The van der Waals surface area contributed by atoms with Gasteiger partial charge in [-0.3, -0.25) is 14.3 Å². The van der Waals surface area contributed by atoms with Crippen LogP contribution in [-0.4, -0.2) is 50.6 Å². The molecule has 0 fully saturated rings. The fourth-order valence-corrected chi connectivity index (χ4v) is 4.47. The molecule has 0 heterocycles. The van der Waals surface area contributed by atoms with Crippen LogP contribution < -0.4 is 14.9 Å². The fraction of sp³-hybridized carbons (Fsp3) is 0.250. The Bertz CT molecular complexity index is 2050. The highest BCUT2D eigenvalue weighted by atomic mass is 35.5. The van der Waals surface area contributed by atoms with Crippen molar-refractivity contribution in [3.8, 4) is 70.9 Å². The summed E-state index contributed by atoms with van der Waals surface area (Å²) in [5, 5.41) is 14.0. The molecule has 0 aliphatic heterocycles.